The van der Waals surface area contributed by atoms with Gasteiger partial charge in [0.15, 0.2) is 5.82 Å². The zero-order valence-corrected chi connectivity index (χ0v) is 22.4. The summed E-state index contributed by atoms with van der Waals surface area (Å²) in [5.41, 5.74) is 4.59. The lowest BCUT2D eigenvalue weighted by Gasteiger charge is -2.30. The van der Waals surface area contributed by atoms with Gasteiger partial charge in [0.1, 0.15) is 5.52 Å². The van der Waals surface area contributed by atoms with E-state index in [1.807, 2.05) is 6.07 Å². The number of benzene rings is 1. The molecule has 3 aromatic rings. The number of anilines is 1. The number of carboxylic acid groups (broad SMARTS) is 1. The lowest BCUT2D eigenvalue weighted by atomic mass is 9.89. The molecular formula is C26H34N6O5S. The van der Waals surface area contributed by atoms with Crippen molar-refractivity contribution in [1.82, 2.24) is 24.6 Å². The first-order valence-electron chi connectivity index (χ1n) is 12.6. The SMILES string of the molecule is CC(=O)O.CS(=O)(=O)N1CCC(c2ccc(-c3cc4nccnc4c(NC[C@@H]4CNCCO4)n3)cc2)CC1. The maximum Gasteiger partial charge on any atom is 0.300 e. The summed E-state index contributed by atoms with van der Waals surface area (Å²) in [5.74, 6) is 0.232. The van der Waals surface area contributed by atoms with Crippen LogP contribution in [0.15, 0.2) is 42.7 Å². The standard InChI is InChI=1S/C24H30N6O3S.C2H4O2/c1-34(31,32)30-11-6-18(7-12-30)17-2-4-19(5-3-17)21-14-22-23(27-9-8-26-22)24(29-21)28-16-20-15-25-10-13-33-20;1-2(3)4/h2-5,8-9,14,18,20,25H,6-7,10-13,15-16H2,1H3,(H,28,29);1H3,(H,3,4)/t20-;/m0./s1. The number of carbonyl (C=O) groups is 1. The van der Waals surface area contributed by atoms with Crippen molar-refractivity contribution in [1.29, 1.82) is 0 Å². The van der Waals surface area contributed by atoms with Gasteiger partial charge in [-0.15, -0.1) is 0 Å². The molecule has 0 radical (unpaired) electrons. The highest BCUT2D eigenvalue weighted by Gasteiger charge is 2.25. The molecule has 0 amide bonds. The van der Waals surface area contributed by atoms with Crippen molar-refractivity contribution >= 4 is 32.8 Å². The van der Waals surface area contributed by atoms with E-state index in [-0.39, 0.29) is 6.10 Å². The number of aliphatic carboxylic acids is 1. The average molecular weight is 543 g/mol. The smallest absolute Gasteiger partial charge is 0.300 e. The van der Waals surface area contributed by atoms with E-state index < -0.39 is 16.0 Å². The molecule has 38 heavy (non-hydrogen) atoms. The molecule has 0 bridgehead atoms. The molecule has 11 nitrogen and oxygen atoms in total. The number of hydrogen-bond donors (Lipinski definition) is 3. The van der Waals surface area contributed by atoms with Crippen LogP contribution in [0.25, 0.3) is 22.3 Å². The summed E-state index contributed by atoms with van der Waals surface area (Å²) in [7, 11) is -3.11. The van der Waals surface area contributed by atoms with E-state index in [2.05, 4.69) is 44.9 Å². The van der Waals surface area contributed by atoms with E-state index in [0.717, 1.165) is 55.1 Å². The van der Waals surface area contributed by atoms with Gasteiger partial charge in [0.25, 0.3) is 5.97 Å². The van der Waals surface area contributed by atoms with Crippen LogP contribution in [0.1, 0.15) is 31.2 Å². The summed E-state index contributed by atoms with van der Waals surface area (Å²) in [6, 6.07) is 10.4. The van der Waals surface area contributed by atoms with E-state index in [1.165, 1.54) is 11.8 Å². The number of nitrogens with one attached hydrogen (secondary N) is 2. The van der Waals surface area contributed by atoms with Gasteiger partial charge in [-0.1, -0.05) is 24.3 Å². The molecular weight excluding hydrogens is 508 g/mol. The van der Waals surface area contributed by atoms with Crippen LogP contribution in [0.5, 0.6) is 0 Å². The number of pyridine rings is 1. The van der Waals surface area contributed by atoms with Crippen LogP contribution >= 0.6 is 0 Å². The zero-order valence-electron chi connectivity index (χ0n) is 21.6. The monoisotopic (exact) mass is 542 g/mol. The van der Waals surface area contributed by atoms with Crippen LogP contribution in [0.4, 0.5) is 5.82 Å². The van der Waals surface area contributed by atoms with Gasteiger partial charge in [0.05, 0.1) is 30.2 Å². The summed E-state index contributed by atoms with van der Waals surface area (Å²) in [6.45, 7) is 5.27. The first kappa shape index (κ1) is 27.8. The number of ether oxygens (including phenoxy) is 1. The molecule has 2 aliphatic rings. The zero-order chi connectivity index (χ0) is 27.1. The molecule has 0 saturated carbocycles. The topological polar surface area (TPSA) is 147 Å². The minimum atomic E-state index is -3.11. The highest BCUT2D eigenvalue weighted by molar-refractivity contribution is 7.88. The molecule has 2 aromatic heterocycles. The molecule has 0 unspecified atom stereocenters. The Morgan fingerprint density at radius 2 is 1.87 bits per heavy atom. The van der Waals surface area contributed by atoms with Gasteiger partial charge in [-0.3, -0.25) is 9.78 Å². The fourth-order valence-electron chi connectivity index (χ4n) is 4.65. The fraction of sp³-hybridized carbons (Fsp3) is 0.462. The Morgan fingerprint density at radius 1 is 1.18 bits per heavy atom. The first-order valence-corrected chi connectivity index (χ1v) is 14.5. The molecule has 0 spiro atoms. The quantitative estimate of drug-likeness (QED) is 0.424. The molecule has 1 atom stereocenters. The number of nitrogens with zero attached hydrogens (tertiary/aromatic N) is 4. The number of fused-ring (bicyclic) bond motifs is 1. The fourth-order valence-corrected chi connectivity index (χ4v) is 5.53. The second-order valence-corrected chi connectivity index (χ2v) is 11.4. The van der Waals surface area contributed by atoms with E-state index in [1.54, 1.807) is 16.7 Å². The third kappa shape index (κ3) is 7.44. The predicted molar refractivity (Wildman–Crippen MR) is 146 cm³/mol. The Bertz CT molecular complexity index is 1330. The Balaban J connectivity index is 0.000000786. The molecule has 0 aliphatic carbocycles. The molecule has 2 aliphatic heterocycles. The summed E-state index contributed by atoms with van der Waals surface area (Å²) in [5, 5.41) is 14.2. The number of hydrogen-bond acceptors (Lipinski definition) is 9. The number of sulfonamides is 1. The lowest BCUT2D eigenvalue weighted by Crippen LogP contribution is -2.42. The van der Waals surface area contributed by atoms with Crippen molar-refractivity contribution in [2.24, 2.45) is 0 Å². The third-order valence-electron chi connectivity index (χ3n) is 6.56. The highest BCUT2D eigenvalue weighted by Crippen LogP contribution is 2.31. The lowest BCUT2D eigenvalue weighted by molar-refractivity contribution is -0.134. The first-order chi connectivity index (χ1) is 18.2. The van der Waals surface area contributed by atoms with Crippen molar-refractivity contribution in [3.63, 3.8) is 0 Å². The number of carboxylic acids is 1. The van der Waals surface area contributed by atoms with Gasteiger partial charge in [0.2, 0.25) is 10.0 Å². The molecule has 5 rings (SSSR count). The van der Waals surface area contributed by atoms with Gasteiger partial charge in [-0.2, -0.15) is 0 Å². The van der Waals surface area contributed by atoms with Gasteiger partial charge in [-0.05, 0) is 30.4 Å². The largest absolute Gasteiger partial charge is 0.481 e. The van der Waals surface area contributed by atoms with Crippen LogP contribution in [0.2, 0.25) is 0 Å². The van der Waals surface area contributed by atoms with Gasteiger partial charge in [-0.25, -0.2) is 22.7 Å². The van der Waals surface area contributed by atoms with Gasteiger partial charge >= 0.3 is 0 Å². The minimum Gasteiger partial charge on any atom is -0.481 e. The molecule has 4 heterocycles. The molecule has 3 N–H and O–H groups in total. The van der Waals surface area contributed by atoms with Gasteiger partial charge in [0, 0.05) is 57.6 Å². The Labute approximate surface area is 222 Å². The summed E-state index contributed by atoms with van der Waals surface area (Å²) in [6.07, 6.45) is 6.41. The summed E-state index contributed by atoms with van der Waals surface area (Å²) >= 11 is 0. The predicted octanol–water partition coefficient (Wildman–Crippen LogP) is 2.32. The second-order valence-electron chi connectivity index (χ2n) is 9.44. The maximum atomic E-state index is 11.8. The van der Waals surface area contributed by atoms with Gasteiger partial charge < -0.3 is 20.5 Å². The summed E-state index contributed by atoms with van der Waals surface area (Å²) in [4.78, 5) is 22.9. The van der Waals surface area contributed by atoms with Crippen LogP contribution < -0.4 is 10.6 Å². The number of rotatable bonds is 6. The Hall–Kier alpha value is -3.19. The van der Waals surface area contributed by atoms with Crippen molar-refractivity contribution in [2.75, 3.05) is 50.9 Å². The van der Waals surface area contributed by atoms with Crippen LogP contribution in [0.3, 0.4) is 0 Å². The van der Waals surface area contributed by atoms with E-state index >= 15 is 0 Å². The Kier molecular flexibility index (Phi) is 9.21. The van der Waals surface area contributed by atoms with E-state index in [9.17, 15) is 8.42 Å². The number of aromatic nitrogens is 3. The van der Waals surface area contributed by atoms with Crippen molar-refractivity contribution in [3.05, 3.63) is 48.3 Å². The molecule has 204 valence electrons. The molecule has 2 fully saturated rings. The van der Waals surface area contributed by atoms with Crippen molar-refractivity contribution < 1.29 is 23.1 Å². The highest BCUT2D eigenvalue weighted by atomic mass is 32.2. The minimum absolute atomic E-state index is 0.0827. The third-order valence-corrected chi connectivity index (χ3v) is 7.86. The number of morpholine rings is 1. The maximum absolute atomic E-state index is 11.8. The van der Waals surface area contributed by atoms with Crippen molar-refractivity contribution in [2.45, 2.75) is 31.8 Å². The summed E-state index contributed by atoms with van der Waals surface area (Å²) < 4.78 is 30.9. The van der Waals surface area contributed by atoms with Crippen LogP contribution in [-0.4, -0.2) is 90.4 Å². The second kappa shape index (κ2) is 12.6. The van der Waals surface area contributed by atoms with Crippen molar-refractivity contribution in [3.8, 4) is 11.3 Å². The Morgan fingerprint density at radius 3 is 2.50 bits per heavy atom. The normalized spacial score (nSPS) is 18.9. The van der Waals surface area contributed by atoms with E-state index in [4.69, 9.17) is 19.6 Å². The molecule has 12 heteroatoms. The average Bonchev–Trinajstić information content (AvgIpc) is 2.91. The van der Waals surface area contributed by atoms with Crippen LogP contribution in [-0.2, 0) is 19.6 Å². The molecule has 2 saturated heterocycles. The molecule has 1 aromatic carbocycles. The van der Waals surface area contributed by atoms with Crippen LogP contribution in [0, 0.1) is 0 Å². The number of piperidine rings is 1. The van der Waals surface area contributed by atoms with E-state index in [0.29, 0.717) is 38.0 Å².